The normalized spacial score (nSPS) is 17.5. The summed E-state index contributed by atoms with van der Waals surface area (Å²) in [5.74, 6) is 0.469. The van der Waals surface area contributed by atoms with Gasteiger partial charge in [-0.1, -0.05) is 60.7 Å². The SMILES string of the molecule is COc1ccc2c(c1)C(CCCN(C)CCc1ccccc1)(c1ccccc1)OC2=O. The van der Waals surface area contributed by atoms with E-state index in [0.29, 0.717) is 5.56 Å². The largest absolute Gasteiger partial charge is 0.497 e. The van der Waals surface area contributed by atoms with Crippen LogP contribution in [0.15, 0.2) is 78.9 Å². The topological polar surface area (TPSA) is 38.8 Å². The van der Waals surface area contributed by atoms with Crippen LogP contribution in [0.1, 0.15) is 39.9 Å². The number of carbonyl (C=O) groups excluding carboxylic acids is 1. The van der Waals surface area contributed by atoms with Crippen molar-refractivity contribution in [3.05, 3.63) is 101 Å². The van der Waals surface area contributed by atoms with Crippen molar-refractivity contribution in [2.45, 2.75) is 24.9 Å². The molecular formula is C27H29NO3. The first-order chi connectivity index (χ1) is 15.1. The molecule has 4 nitrogen and oxygen atoms in total. The standard InChI is InChI=1S/C27H29NO3/c1-28(19-16-21-10-5-3-6-11-21)18-9-17-27(22-12-7-4-8-13-22)25-20-23(30-2)14-15-24(25)26(29)31-27/h3-8,10-15,20H,9,16-19H2,1-2H3. The van der Waals surface area contributed by atoms with Gasteiger partial charge in [0, 0.05) is 17.7 Å². The van der Waals surface area contributed by atoms with Gasteiger partial charge in [0.25, 0.3) is 0 Å². The molecule has 0 saturated heterocycles. The Morgan fingerprint density at radius 3 is 2.35 bits per heavy atom. The van der Waals surface area contributed by atoms with Crippen molar-refractivity contribution in [2.24, 2.45) is 0 Å². The van der Waals surface area contributed by atoms with E-state index in [1.807, 2.05) is 54.6 Å². The van der Waals surface area contributed by atoms with Crippen LogP contribution in [0.5, 0.6) is 5.75 Å². The molecule has 31 heavy (non-hydrogen) atoms. The number of esters is 1. The minimum absolute atomic E-state index is 0.265. The summed E-state index contributed by atoms with van der Waals surface area (Å²) in [5.41, 5.74) is 3.10. The van der Waals surface area contributed by atoms with E-state index in [1.54, 1.807) is 7.11 Å². The summed E-state index contributed by atoms with van der Waals surface area (Å²) in [5, 5.41) is 0. The van der Waals surface area contributed by atoms with Gasteiger partial charge in [-0.3, -0.25) is 0 Å². The van der Waals surface area contributed by atoms with Crippen LogP contribution < -0.4 is 4.74 Å². The second kappa shape index (κ2) is 9.36. The third-order valence-corrected chi connectivity index (χ3v) is 6.08. The van der Waals surface area contributed by atoms with Crippen LogP contribution in [-0.2, 0) is 16.8 Å². The summed E-state index contributed by atoms with van der Waals surface area (Å²) in [6.45, 7) is 1.92. The third-order valence-electron chi connectivity index (χ3n) is 6.08. The Morgan fingerprint density at radius 2 is 1.65 bits per heavy atom. The summed E-state index contributed by atoms with van der Waals surface area (Å²) in [6, 6.07) is 26.2. The number of ether oxygens (including phenoxy) is 2. The lowest BCUT2D eigenvalue weighted by atomic mass is 9.82. The Kier molecular flexibility index (Phi) is 6.38. The molecule has 4 rings (SSSR count). The Morgan fingerprint density at radius 1 is 0.935 bits per heavy atom. The highest BCUT2D eigenvalue weighted by molar-refractivity contribution is 5.95. The Labute approximate surface area is 184 Å². The van der Waals surface area contributed by atoms with Gasteiger partial charge in [-0.2, -0.15) is 0 Å². The molecule has 1 atom stereocenters. The van der Waals surface area contributed by atoms with Crippen LogP contribution in [0, 0.1) is 0 Å². The zero-order valence-electron chi connectivity index (χ0n) is 18.2. The van der Waals surface area contributed by atoms with Crippen LogP contribution in [-0.4, -0.2) is 38.1 Å². The van der Waals surface area contributed by atoms with Gasteiger partial charge < -0.3 is 14.4 Å². The zero-order valence-corrected chi connectivity index (χ0v) is 18.2. The monoisotopic (exact) mass is 415 g/mol. The third kappa shape index (κ3) is 4.49. The van der Waals surface area contributed by atoms with Gasteiger partial charge in [0.1, 0.15) is 5.75 Å². The van der Waals surface area contributed by atoms with Gasteiger partial charge in [0.05, 0.1) is 12.7 Å². The van der Waals surface area contributed by atoms with E-state index in [9.17, 15) is 4.79 Å². The highest BCUT2D eigenvalue weighted by atomic mass is 16.6. The fourth-order valence-electron chi connectivity index (χ4n) is 4.36. The molecule has 0 N–H and O–H groups in total. The number of hydrogen-bond donors (Lipinski definition) is 0. The molecule has 1 aliphatic rings. The molecule has 0 aromatic heterocycles. The number of benzene rings is 3. The quantitative estimate of drug-likeness (QED) is 0.458. The van der Waals surface area contributed by atoms with Crippen LogP contribution >= 0.6 is 0 Å². The summed E-state index contributed by atoms with van der Waals surface area (Å²) < 4.78 is 11.5. The van der Waals surface area contributed by atoms with Crippen LogP contribution in [0.2, 0.25) is 0 Å². The van der Waals surface area contributed by atoms with Crippen molar-refractivity contribution in [1.29, 1.82) is 0 Å². The average molecular weight is 416 g/mol. The van der Waals surface area contributed by atoms with Crippen LogP contribution in [0.3, 0.4) is 0 Å². The maximum absolute atomic E-state index is 12.7. The van der Waals surface area contributed by atoms with E-state index in [0.717, 1.165) is 49.2 Å². The molecule has 0 radical (unpaired) electrons. The number of methoxy groups -OCH3 is 1. The van der Waals surface area contributed by atoms with Crippen LogP contribution in [0.4, 0.5) is 0 Å². The molecule has 0 aliphatic carbocycles. The highest BCUT2D eigenvalue weighted by Gasteiger charge is 2.46. The van der Waals surface area contributed by atoms with E-state index in [1.165, 1.54) is 5.56 Å². The minimum atomic E-state index is -0.775. The molecule has 3 aromatic carbocycles. The predicted molar refractivity (Wildman–Crippen MR) is 123 cm³/mol. The Balaban J connectivity index is 1.51. The lowest BCUT2D eigenvalue weighted by Gasteiger charge is -2.30. The van der Waals surface area contributed by atoms with Crippen molar-refractivity contribution in [3.63, 3.8) is 0 Å². The first kappa shape index (κ1) is 21.1. The lowest BCUT2D eigenvalue weighted by molar-refractivity contribution is 0.00561. The number of likely N-dealkylation sites (N-methyl/N-ethyl adjacent to an activating group) is 1. The van der Waals surface area contributed by atoms with Crippen molar-refractivity contribution >= 4 is 5.97 Å². The summed E-state index contributed by atoms with van der Waals surface area (Å²) in [7, 11) is 3.79. The second-order valence-electron chi connectivity index (χ2n) is 8.14. The Bertz CT molecular complexity index is 1020. The van der Waals surface area contributed by atoms with E-state index >= 15 is 0 Å². The first-order valence-corrected chi connectivity index (χ1v) is 10.8. The lowest BCUT2D eigenvalue weighted by Crippen LogP contribution is -2.30. The highest BCUT2D eigenvalue weighted by Crippen LogP contribution is 2.46. The molecular weight excluding hydrogens is 386 g/mol. The maximum Gasteiger partial charge on any atom is 0.339 e. The van der Waals surface area contributed by atoms with E-state index < -0.39 is 5.60 Å². The smallest absolute Gasteiger partial charge is 0.339 e. The molecule has 0 amide bonds. The van der Waals surface area contributed by atoms with Crippen molar-refractivity contribution in [2.75, 3.05) is 27.2 Å². The van der Waals surface area contributed by atoms with Gasteiger partial charge in [-0.25, -0.2) is 4.79 Å². The minimum Gasteiger partial charge on any atom is -0.497 e. The first-order valence-electron chi connectivity index (χ1n) is 10.8. The number of carbonyl (C=O) groups is 1. The number of hydrogen-bond acceptors (Lipinski definition) is 4. The van der Waals surface area contributed by atoms with Gasteiger partial charge in [0.2, 0.25) is 0 Å². The number of fused-ring (bicyclic) bond motifs is 1. The fourth-order valence-corrected chi connectivity index (χ4v) is 4.36. The summed E-state index contributed by atoms with van der Waals surface area (Å²) in [6.07, 6.45) is 2.65. The summed E-state index contributed by atoms with van der Waals surface area (Å²) in [4.78, 5) is 15.1. The van der Waals surface area contributed by atoms with Crippen molar-refractivity contribution in [3.8, 4) is 5.75 Å². The van der Waals surface area contributed by atoms with Gasteiger partial charge in [-0.15, -0.1) is 0 Å². The molecule has 0 bridgehead atoms. The van der Waals surface area contributed by atoms with Gasteiger partial charge in [0.15, 0.2) is 5.60 Å². The number of rotatable bonds is 9. The van der Waals surface area contributed by atoms with E-state index in [2.05, 4.69) is 36.2 Å². The van der Waals surface area contributed by atoms with E-state index in [4.69, 9.17) is 9.47 Å². The molecule has 3 aromatic rings. The Hall–Kier alpha value is -3.11. The molecule has 4 heteroatoms. The molecule has 0 fully saturated rings. The molecule has 1 unspecified atom stereocenters. The van der Waals surface area contributed by atoms with Gasteiger partial charge >= 0.3 is 5.97 Å². The summed E-state index contributed by atoms with van der Waals surface area (Å²) >= 11 is 0. The van der Waals surface area contributed by atoms with Crippen molar-refractivity contribution < 1.29 is 14.3 Å². The fraction of sp³-hybridized carbons (Fsp3) is 0.296. The molecule has 160 valence electrons. The van der Waals surface area contributed by atoms with Crippen LogP contribution in [0.25, 0.3) is 0 Å². The van der Waals surface area contributed by atoms with Crippen molar-refractivity contribution in [1.82, 2.24) is 4.90 Å². The molecule has 0 saturated carbocycles. The second-order valence-corrected chi connectivity index (χ2v) is 8.14. The van der Waals surface area contributed by atoms with E-state index in [-0.39, 0.29) is 5.97 Å². The maximum atomic E-state index is 12.7. The average Bonchev–Trinajstić information content (AvgIpc) is 3.11. The predicted octanol–water partition coefficient (Wildman–Crippen LogP) is 5.06. The molecule has 1 aliphatic heterocycles. The number of nitrogens with zero attached hydrogens (tertiary/aromatic N) is 1. The molecule has 1 heterocycles. The zero-order chi connectivity index (χ0) is 21.7. The number of cyclic esters (lactones) is 1. The van der Waals surface area contributed by atoms with Gasteiger partial charge in [-0.05, 0) is 56.6 Å². The molecule has 0 spiro atoms.